The molecule has 0 spiro atoms. The summed E-state index contributed by atoms with van der Waals surface area (Å²) in [5.41, 5.74) is 1.76. The third kappa shape index (κ3) is 3.89. The molecule has 0 aromatic carbocycles. The molecule has 1 aliphatic rings. The molecule has 1 aromatic heterocycles. The molecule has 1 aromatic rings. The number of nitrogens with zero attached hydrogens (tertiary/aromatic N) is 3. The van der Waals surface area contributed by atoms with Crippen LogP contribution in [0.4, 0.5) is 5.69 Å². The first-order chi connectivity index (χ1) is 11.0. The summed E-state index contributed by atoms with van der Waals surface area (Å²) in [7, 11) is 0. The molecule has 0 bridgehead atoms. The van der Waals surface area contributed by atoms with Gasteiger partial charge in [-0.1, -0.05) is 13.8 Å². The normalized spacial score (nSPS) is 15.8. The zero-order chi connectivity index (χ0) is 17.0. The summed E-state index contributed by atoms with van der Waals surface area (Å²) >= 11 is 0. The Balaban J connectivity index is 2.04. The van der Waals surface area contributed by atoms with Crippen LogP contribution in [0.5, 0.6) is 0 Å². The molecule has 126 valence electrons. The summed E-state index contributed by atoms with van der Waals surface area (Å²) in [6, 6.07) is 3.81. The van der Waals surface area contributed by atoms with Crippen LogP contribution in [0.3, 0.4) is 0 Å². The lowest BCUT2D eigenvalue weighted by Gasteiger charge is -2.35. The van der Waals surface area contributed by atoms with Crippen LogP contribution in [0, 0.1) is 18.8 Å². The first kappa shape index (κ1) is 17.4. The van der Waals surface area contributed by atoms with Crippen molar-refractivity contribution in [3.05, 3.63) is 24.0 Å². The topological polar surface area (TPSA) is 53.5 Å². The van der Waals surface area contributed by atoms with Gasteiger partial charge in [-0.25, -0.2) is 0 Å². The van der Waals surface area contributed by atoms with E-state index in [-0.39, 0.29) is 23.7 Å². The molecular weight excluding hydrogens is 290 g/mol. The molecule has 2 heterocycles. The van der Waals surface area contributed by atoms with Gasteiger partial charge in [0.2, 0.25) is 11.8 Å². The van der Waals surface area contributed by atoms with E-state index in [1.54, 1.807) is 6.20 Å². The summed E-state index contributed by atoms with van der Waals surface area (Å²) in [6.45, 7) is 9.74. The van der Waals surface area contributed by atoms with Gasteiger partial charge in [-0.15, -0.1) is 0 Å². The van der Waals surface area contributed by atoms with Gasteiger partial charge in [-0.05, 0) is 38.8 Å². The monoisotopic (exact) mass is 317 g/mol. The quantitative estimate of drug-likeness (QED) is 0.858. The second kappa shape index (κ2) is 7.57. The summed E-state index contributed by atoms with van der Waals surface area (Å²) < 4.78 is 0. The Morgan fingerprint density at radius 2 is 2.00 bits per heavy atom. The molecule has 1 saturated heterocycles. The van der Waals surface area contributed by atoms with Crippen LogP contribution in [-0.4, -0.2) is 41.3 Å². The van der Waals surface area contributed by atoms with Gasteiger partial charge in [-0.3, -0.25) is 14.6 Å². The van der Waals surface area contributed by atoms with Crippen molar-refractivity contribution in [3.63, 3.8) is 0 Å². The summed E-state index contributed by atoms with van der Waals surface area (Å²) in [5, 5.41) is 0. The van der Waals surface area contributed by atoms with Gasteiger partial charge in [-0.2, -0.15) is 0 Å². The molecule has 2 rings (SSSR count). The number of piperidine rings is 1. The van der Waals surface area contributed by atoms with Crippen molar-refractivity contribution in [2.45, 2.75) is 40.5 Å². The van der Waals surface area contributed by atoms with Crippen LogP contribution in [0.1, 0.15) is 39.3 Å². The third-order valence-corrected chi connectivity index (χ3v) is 4.50. The van der Waals surface area contributed by atoms with Crippen molar-refractivity contribution in [2.24, 2.45) is 11.8 Å². The Labute approximate surface area is 138 Å². The smallest absolute Gasteiger partial charge is 0.230 e. The predicted molar refractivity (Wildman–Crippen MR) is 91.1 cm³/mol. The molecule has 0 aliphatic carbocycles. The molecule has 2 amide bonds. The Kier molecular flexibility index (Phi) is 5.74. The fraction of sp³-hybridized carbons (Fsp3) is 0.611. The highest BCUT2D eigenvalue weighted by Crippen LogP contribution is 2.25. The molecule has 1 aliphatic heterocycles. The minimum Gasteiger partial charge on any atom is -0.342 e. The molecule has 5 nitrogen and oxygen atoms in total. The minimum absolute atomic E-state index is 0.00855. The SMILES string of the molecule is CCN(C(=O)C1CCN(C(=O)C(C)C)CC1)c1cccnc1C. The number of amides is 2. The molecular formula is C18H27N3O2. The first-order valence-corrected chi connectivity index (χ1v) is 8.47. The van der Waals surface area contributed by atoms with Gasteiger partial charge in [0, 0.05) is 37.7 Å². The van der Waals surface area contributed by atoms with Crippen LogP contribution < -0.4 is 4.90 Å². The van der Waals surface area contributed by atoms with Crippen LogP contribution in [0.15, 0.2) is 18.3 Å². The van der Waals surface area contributed by atoms with Crippen molar-refractivity contribution < 1.29 is 9.59 Å². The maximum atomic E-state index is 12.9. The van der Waals surface area contributed by atoms with E-state index in [1.165, 1.54) is 0 Å². The lowest BCUT2D eigenvalue weighted by molar-refractivity contribution is -0.137. The van der Waals surface area contributed by atoms with E-state index in [9.17, 15) is 9.59 Å². The fourth-order valence-electron chi connectivity index (χ4n) is 3.14. The Morgan fingerprint density at radius 3 is 2.52 bits per heavy atom. The van der Waals surface area contributed by atoms with Gasteiger partial charge in [0.15, 0.2) is 0 Å². The summed E-state index contributed by atoms with van der Waals surface area (Å²) in [4.78, 5) is 32.9. The van der Waals surface area contributed by atoms with Crippen molar-refractivity contribution in [2.75, 3.05) is 24.5 Å². The zero-order valence-electron chi connectivity index (χ0n) is 14.6. The molecule has 0 saturated carbocycles. The number of pyridine rings is 1. The number of rotatable bonds is 4. The Hall–Kier alpha value is -1.91. The van der Waals surface area contributed by atoms with E-state index in [0.717, 1.165) is 24.2 Å². The fourth-order valence-corrected chi connectivity index (χ4v) is 3.14. The van der Waals surface area contributed by atoms with Crippen molar-refractivity contribution in [3.8, 4) is 0 Å². The van der Waals surface area contributed by atoms with Crippen LogP contribution >= 0.6 is 0 Å². The van der Waals surface area contributed by atoms with Crippen LogP contribution in [0.25, 0.3) is 0 Å². The first-order valence-electron chi connectivity index (χ1n) is 8.47. The number of aryl methyl sites for hydroxylation is 1. The van der Waals surface area contributed by atoms with E-state index in [1.807, 2.05) is 49.6 Å². The number of aromatic nitrogens is 1. The van der Waals surface area contributed by atoms with Crippen LogP contribution in [0.2, 0.25) is 0 Å². The number of anilines is 1. The number of hydrogen-bond acceptors (Lipinski definition) is 3. The second-order valence-electron chi connectivity index (χ2n) is 6.44. The van der Waals surface area contributed by atoms with Crippen molar-refractivity contribution >= 4 is 17.5 Å². The van der Waals surface area contributed by atoms with Gasteiger partial charge in [0.05, 0.1) is 11.4 Å². The largest absolute Gasteiger partial charge is 0.342 e. The number of carbonyl (C=O) groups excluding carboxylic acids is 2. The van der Waals surface area contributed by atoms with Crippen molar-refractivity contribution in [1.29, 1.82) is 0 Å². The lowest BCUT2D eigenvalue weighted by Crippen LogP contribution is -2.45. The average molecular weight is 317 g/mol. The van der Waals surface area contributed by atoms with Crippen molar-refractivity contribution in [1.82, 2.24) is 9.88 Å². The highest BCUT2D eigenvalue weighted by molar-refractivity contribution is 5.95. The maximum absolute atomic E-state index is 12.9. The zero-order valence-corrected chi connectivity index (χ0v) is 14.6. The van der Waals surface area contributed by atoms with E-state index in [0.29, 0.717) is 19.6 Å². The lowest BCUT2D eigenvalue weighted by atomic mass is 9.94. The molecule has 1 fully saturated rings. The van der Waals surface area contributed by atoms with Gasteiger partial charge < -0.3 is 9.80 Å². The van der Waals surface area contributed by atoms with Gasteiger partial charge >= 0.3 is 0 Å². The van der Waals surface area contributed by atoms with Gasteiger partial charge in [0.25, 0.3) is 0 Å². The third-order valence-electron chi connectivity index (χ3n) is 4.50. The molecule has 23 heavy (non-hydrogen) atoms. The standard InChI is InChI=1S/C18H27N3O2/c1-5-21(16-7-6-10-19-14(16)4)18(23)15-8-11-20(12-9-15)17(22)13(2)3/h6-7,10,13,15H,5,8-9,11-12H2,1-4H3. The molecule has 0 unspecified atom stereocenters. The summed E-state index contributed by atoms with van der Waals surface area (Å²) in [5.74, 6) is 0.352. The average Bonchev–Trinajstić information content (AvgIpc) is 2.56. The molecule has 0 radical (unpaired) electrons. The Bertz CT molecular complexity index is 563. The maximum Gasteiger partial charge on any atom is 0.230 e. The number of likely N-dealkylation sites (tertiary alicyclic amines) is 1. The molecule has 0 atom stereocenters. The summed E-state index contributed by atoms with van der Waals surface area (Å²) in [6.07, 6.45) is 3.23. The highest BCUT2D eigenvalue weighted by Gasteiger charge is 2.31. The second-order valence-corrected chi connectivity index (χ2v) is 6.44. The van der Waals surface area contributed by atoms with E-state index < -0.39 is 0 Å². The highest BCUT2D eigenvalue weighted by atomic mass is 16.2. The van der Waals surface area contributed by atoms with E-state index >= 15 is 0 Å². The predicted octanol–water partition coefficient (Wildman–Crippen LogP) is 2.64. The van der Waals surface area contributed by atoms with E-state index in [4.69, 9.17) is 0 Å². The molecule has 0 N–H and O–H groups in total. The van der Waals surface area contributed by atoms with Gasteiger partial charge in [0.1, 0.15) is 0 Å². The van der Waals surface area contributed by atoms with E-state index in [2.05, 4.69) is 4.98 Å². The number of carbonyl (C=O) groups is 2. The van der Waals surface area contributed by atoms with Crippen LogP contribution in [-0.2, 0) is 9.59 Å². The minimum atomic E-state index is -0.00855. The molecule has 5 heteroatoms. The Morgan fingerprint density at radius 1 is 1.35 bits per heavy atom. The number of hydrogen-bond donors (Lipinski definition) is 0.